The Labute approximate surface area is 87.9 Å². The van der Waals surface area contributed by atoms with Crippen LogP contribution in [0.5, 0.6) is 0 Å². The Kier molecular flexibility index (Phi) is 4.39. The van der Waals surface area contributed by atoms with Crippen molar-refractivity contribution in [1.29, 1.82) is 0 Å². The largest absolute Gasteiger partial charge is 0.388 e. The minimum atomic E-state index is -0.589. The van der Waals surface area contributed by atoms with Crippen LogP contribution in [-0.2, 0) is 0 Å². The number of aliphatic hydroxyl groups is 1. The lowest BCUT2D eigenvalue weighted by molar-refractivity contribution is -0.0226. The lowest BCUT2D eigenvalue weighted by Crippen LogP contribution is -2.51. The molecule has 1 unspecified atom stereocenters. The van der Waals surface area contributed by atoms with Gasteiger partial charge < -0.3 is 10.8 Å². The van der Waals surface area contributed by atoms with Crippen LogP contribution < -0.4 is 5.73 Å². The summed E-state index contributed by atoms with van der Waals surface area (Å²) in [7, 11) is 0. The second kappa shape index (κ2) is 5.13. The average Bonchev–Trinajstić information content (AvgIpc) is 2.10. The van der Waals surface area contributed by atoms with E-state index in [4.69, 9.17) is 5.73 Å². The second-order valence-electron chi connectivity index (χ2n) is 5.14. The van der Waals surface area contributed by atoms with E-state index in [1.54, 1.807) is 0 Å². The van der Waals surface area contributed by atoms with E-state index in [9.17, 15) is 5.11 Å². The molecular formula is C12H25NO. The van der Waals surface area contributed by atoms with Crippen molar-refractivity contribution in [3.05, 3.63) is 0 Å². The maximum absolute atomic E-state index is 10.5. The maximum atomic E-state index is 10.5. The van der Waals surface area contributed by atoms with Gasteiger partial charge >= 0.3 is 0 Å². The van der Waals surface area contributed by atoms with Crippen molar-refractivity contribution >= 4 is 0 Å². The van der Waals surface area contributed by atoms with Crippen LogP contribution in [0.25, 0.3) is 0 Å². The average molecular weight is 199 g/mol. The molecule has 1 aliphatic carbocycles. The summed E-state index contributed by atoms with van der Waals surface area (Å²) in [4.78, 5) is 0. The number of hydrogen-bond acceptors (Lipinski definition) is 2. The maximum Gasteiger partial charge on any atom is 0.0800 e. The van der Waals surface area contributed by atoms with Crippen molar-refractivity contribution in [2.75, 3.05) is 0 Å². The normalized spacial score (nSPS) is 25.5. The van der Waals surface area contributed by atoms with Crippen LogP contribution in [0.15, 0.2) is 0 Å². The molecule has 1 fully saturated rings. The van der Waals surface area contributed by atoms with Gasteiger partial charge in [0.1, 0.15) is 0 Å². The molecule has 0 heterocycles. The standard InChI is InChI=1S/C12H25NO/c1-10(2)11(13)12(14)8-6-4-3-5-7-9-12/h10-11,14H,3-9,13H2,1-2H3. The van der Waals surface area contributed by atoms with Crippen LogP contribution in [0.3, 0.4) is 0 Å². The third-order valence-corrected chi connectivity index (χ3v) is 3.56. The summed E-state index contributed by atoms with van der Waals surface area (Å²) in [5, 5.41) is 10.5. The highest BCUT2D eigenvalue weighted by Crippen LogP contribution is 2.30. The minimum Gasteiger partial charge on any atom is -0.388 e. The highest BCUT2D eigenvalue weighted by molar-refractivity contribution is 4.91. The molecule has 0 saturated heterocycles. The van der Waals surface area contributed by atoms with Crippen LogP contribution in [0.4, 0.5) is 0 Å². The highest BCUT2D eigenvalue weighted by Gasteiger charge is 2.35. The molecule has 0 radical (unpaired) electrons. The Morgan fingerprint density at radius 1 is 1.00 bits per heavy atom. The van der Waals surface area contributed by atoms with Gasteiger partial charge in [-0.15, -0.1) is 0 Å². The molecule has 3 N–H and O–H groups in total. The molecule has 1 atom stereocenters. The van der Waals surface area contributed by atoms with E-state index in [1.807, 2.05) is 0 Å². The Morgan fingerprint density at radius 2 is 1.43 bits per heavy atom. The van der Waals surface area contributed by atoms with Gasteiger partial charge in [-0.1, -0.05) is 46.0 Å². The Balaban J connectivity index is 2.58. The lowest BCUT2D eigenvalue weighted by Gasteiger charge is -2.37. The molecule has 2 heteroatoms. The van der Waals surface area contributed by atoms with Crippen molar-refractivity contribution < 1.29 is 5.11 Å². The van der Waals surface area contributed by atoms with E-state index in [2.05, 4.69) is 13.8 Å². The fourth-order valence-corrected chi connectivity index (χ4v) is 2.47. The Bertz CT molecular complexity index is 160. The van der Waals surface area contributed by atoms with Gasteiger partial charge in [-0.2, -0.15) is 0 Å². The number of rotatable bonds is 2. The summed E-state index contributed by atoms with van der Waals surface area (Å²) < 4.78 is 0. The van der Waals surface area contributed by atoms with Gasteiger partial charge in [-0.3, -0.25) is 0 Å². The van der Waals surface area contributed by atoms with Crippen molar-refractivity contribution in [2.24, 2.45) is 11.7 Å². The molecule has 0 aromatic rings. The van der Waals surface area contributed by atoms with E-state index in [0.717, 1.165) is 25.7 Å². The van der Waals surface area contributed by atoms with E-state index < -0.39 is 5.60 Å². The molecule has 1 saturated carbocycles. The quantitative estimate of drug-likeness (QED) is 0.717. The first-order chi connectivity index (χ1) is 6.56. The second-order valence-corrected chi connectivity index (χ2v) is 5.14. The summed E-state index contributed by atoms with van der Waals surface area (Å²) in [6.45, 7) is 4.20. The molecule has 2 nitrogen and oxygen atoms in total. The summed E-state index contributed by atoms with van der Waals surface area (Å²) in [6, 6.07) is -0.0550. The molecule has 0 aliphatic heterocycles. The van der Waals surface area contributed by atoms with Gasteiger partial charge in [0.25, 0.3) is 0 Å². The van der Waals surface area contributed by atoms with Crippen LogP contribution in [0.2, 0.25) is 0 Å². The van der Waals surface area contributed by atoms with Crippen molar-refractivity contribution in [3.8, 4) is 0 Å². The lowest BCUT2D eigenvalue weighted by atomic mass is 9.78. The molecule has 0 spiro atoms. The fourth-order valence-electron chi connectivity index (χ4n) is 2.47. The molecular weight excluding hydrogens is 174 g/mol. The van der Waals surface area contributed by atoms with E-state index in [1.165, 1.54) is 19.3 Å². The van der Waals surface area contributed by atoms with E-state index >= 15 is 0 Å². The van der Waals surface area contributed by atoms with E-state index in [-0.39, 0.29) is 6.04 Å². The monoisotopic (exact) mass is 199 g/mol. The zero-order chi connectivity index (χ0) is 10.6. The van der Waals surface area contributed by atoms with Gasteiger partial charge in [-0.05, 0) is 18.8 Å². The van der Waals surface area contributed by atoms with Crippen molar-refractivity contribution in [3.63, 3.8) is 0 Å². The third kappa shape index (κ3) is 2.96. The first kappa shape index (κ1) is 12.0. The molecule has 14 heavy (non-hydrogen) atoms. The van der Waals surface area contributed by atoms with Crippen molar-refractivity contribution in [2.45, 2.75) is 70.4 Å². The number of nitrogens with two attached hydrogens (primary N) is 1. The molecule has 0 amide bonds. The Morgan fingerprint density at radius 3 is 1.86 bits per heavy atom. The van der Waals surface area contributed by atoms with E-state index in [0.29, 0.717) is 5.92 Å². The molecule has 84 valence electrons. The third-order valence-electron chi connectivity index (χ3n) is 3.56. The highest BCUT2D eigenvalue weighted by atomic mass is 16.3. The van der Waals surface area contributed by atoms with Gasteiger partial charge in [0.2, 0.25) is 0 Å². The Hall–Kier alpha value is -0.0800. The summed E-state index contributed by atoms with van der Waals surface area (Å²) in [5.41, 5.74) is 5.51. The van der Waals surface area contributed by atoms with Gasteiger partial charge in [0.15, 0.2) is 0 Å². The topological polar surface area (TPSA) is 46.2 Å². The predicted octanol–water partition coefficient (Wildman–Crippen LogP) is 2.45. The first-order valence-electron chi connectivity index (χ1n) is 6.04. The molecule has 1 aliphatic rings. The summed E-state index contributed by atoms with van der Waals surface area (Å²) in [6.07, 6.45) is 7.90. The minimum absolute atomic E-state index is 0.0550. The first-order valence-corrected chi connectivity index (χ1v) is 6.04. The fraction of sp³-hybridized carbons (Fsp3) is 1.00. The van der Waals surface area contributed by atoms with Crippen LogP contribution in [0.1, 0.15) is 58.8 Å². The van der Waals surface area contributed by atoms with Gasteiger partial charge in [0, 0.05) is 6.04 Å². The zero-order valence-electron chi connectivity index (χ0n) is 9.63. The molecule has 0 aromatic carbocycles. The van der Waals surface area contributed by atoms with Crippen LogP contribution in [0, 0.1) is 5.92 Å². The van der Waals surface area contributed by atoms with Crippen LogP contribution >= 0.6 is 0 Å². The predicted molar refractivity (Wildman–Crippen MR) is 60.1 cm³/mol. The van der Waals surface area contributed by atoms with Crippen LogP contribution in [-0.4, -0.2) is 16.7 Å². The summed E-state index contributed by atoms with van der Waals surface area (Å²) in [5.74, 6) is 0.374. The molecule has 1 rings (SSSR count). The smallest absolute Gasteiger partial charge is 0.0800 e. The SMILES string of the molecule is CC(C)C(N)C1(O)CCCCCCC1. The van der Waals surface area contributed by atoms with Crippen molar-refractivity contribution in [1.82, 2.24) is 0 Å². The molecule has 0 aromatic heterocycles. The zero-order valence-corrected chi connectivity index (χ0v) is 9.63. The van der Waals surface area contributed by atoms with Gasteiger partial charge in [-0.25, -0.2) is 0 Å². The number of hydrogen-bond donors (Lipinski definition) is 2. The van der Waals surface area contributed by atoms with Gasteiger partial charge in [0.05, 0.1) is 5.60 Å². The summed E-state index contributed by atoms with van der Waals surface area (Å²) >= 11 is 0. The molecule has 0 bridgehead atoms.